The largest absolute Gasteiger partial charge is 0.387 e. The van der Waals surface area contributed by atoms with Gasteiger partial charge < -0.3 is 15.7 Å². The van der Waals surface area contributed by atoms with Gasteiger partial charge in [-0.1, -0.05) is 29.3 Å². The van der Waals surface area contributed by atoms with Gasteiger partial charge in [0.15, 0.2) is 5.96 Å². The molecular weight excluding hydrogens is 486 g/mol. The summed E-state index contributed by atoms with van der Waals surface area (Å²) in [4.78, 5) is 8.92. The fourth-order valence-corrected chi connectivity index (χ4v) is 2.81. The van der Waals surface area contributed by atoms with Gasteiger partial charge in [-0.15, -0.1) is 24.0 Å². The first-order valence-electron chi connectivity index (χ1n) is 8.06. The van der Waals surface area contributed by atoms with Gasteiger partial charge in [0.05, 0.1) is 18.3 Å². The van der Waals surface area contributed by atoms with Crippen molar-refractivity contribution in [2.45, 2.75) is 26.5 Å². The number of guanidine groups is 1. The lowest BCUT2D eigenvalue weighted by molar-refractivity contribution is 0.181. The Kier molecular flexibility index (Phi) is 10.2. The molecule has 0 saturated heterocycles. The molecule has 0 bridgehead atoms. The van der Waals surface area contributed by atoms with Crippen LogP contribution in [-0.4, -0.2) is 29.1 Å². The van der Waals surface area contributed by atoms with Crippen molar-refractivity contribution in [1.29, 1.82) is 0 Å². The van der Waals surface area contributed by atoms with E-state index in [2.05, 4.69) is 20.6 Å². The maximum atomic E-state index is 10.3. The lowest BCUT2D eigenvalue weighted by Crippen LogP contribution is -2.39. The molecule has 0 amide bonds. The number of aliphatic hydroxyl groups excluding tert-OH is 1. The first-order chi connectivity index (χ1) is 12.0. The predicted octanol–water partition coefficient (Wildman–Crippen LogP) is 4.10. The number of aryl methyl sites for hydroxylation is 1. The Morgan fingerprint density at radius 2 is 1.88 bits per heavy atom. The summed E-state index contributed by atoms with van der Waals surface area (Å²) in [6.45, 7) is 5.38. The molecule has 1 atom stereocenters. The number of hydrogen-bond donors (Lipinski definition) is 3. The van der Waals surface area contributed by atoms with Gasteiger partial charge in [-0.3, -0.25) is 4.98 Å². The van der Waals surface area contributed by atoms with Crippen molar-refractivity contribution in [3.8, 4) is 0 Å². The number of pyridine rings is 1. The van der Waals surface area contributed by atoms with E-state index in [4.69, 9.17) is 23.2 Å². The number of nitrogens with one attached hydrogen (secondary N) is 2. The van der Waals surface area contributed by atoms with E-state index in [0.29, 0.717) is 34.7 Å². The molecule has 0 spiro atoms. The van der Waals surface area contributed by atoms with Gasteiger partial charge in [0.1, 0.15) is 0 Å². The first kappa shape index (κ1) is 23.0. The molecule has 1 aromatic carbocycles. The van der Waals surface area contributed by atoms with Crippen LogP contribution in [0.15, 0.2) is 41.4 Å². The van der Waals surface area contributed by atoms with Crippen LogP contribution in [0.3, 0.4) is 0 Å². The average molecular weight is 509 g/mol. The zero-order valence-electron chi connectivity index (χ0n) is 14.7. The number of aromatic nitrogens is 1. The van der Waals surface area contributed by atoms with Gasteiger partial charge in [-0.2, -0.15) is 0 Å². The molecule has 0 radical (unpaired) electrons. The molecule has 2 aromatic rings. The minimum atomic E-state index is -0.753. The maximum Gasteiger partial charge on any atom is 0.191 e. The molecule has 142 valence electrons. The minimum absolute atomic E-state index is 0. The molecule has 3 N–H and O–H groups in total. The quantitative estimate of drug-likeness (QED) is 0.312. The van der Waals surface area contributed by atoms with Gasteiger partial charge in [-0.25, -0.2) is 4.99 Å². The second kappa shape index (κ2) is 11.6. The normalized spacial score (nSPS) is 12.3. The summed E-state index contributed by atoms with van der Waals surface area (Å²) < 4.78 is 0. The highest BCUT2D eigenvalue weighted by Crippen LogP contribution is 2.23. The van der Waals surface area contributed by atoms with E-state index >= 15 is 0 Å². The number of halogens is 3. The molecular formula is C18H23Cl2IN4O. The second-order valence-corrected chi connectivity index (χ2v) is 6.44. The summed E-state index contributed by atoms with van der Waals surface area (Å²) >= 11 is 12.0. The number of aliphatic hydroxyl groups is 1. The lowest BCUT2D eigenvalue weighted by atomic mass is 10.1. The second-order valence-electron chi connectivity index (χ2n) is 5.56. The van der Waals surface area contributed by atoms with Crippen LogP contribution < -0.4 is 10.6 Å². The smallest absolute Gasteiger partial charge is 0.191 e. The summed E-state index contributed by atoms with van der Waals surface area (Å²) in [5.41, 5.74) is 2.50. The topological polar surface area (TPSA) is 69.5 Å². The van der Waals surface area contributed by atoms with Crippen LogP contribution in [0, 0.1) is 6.92 Å². The third-order valence-corrected chi connectivity index (χ3v) is 3.86. The molecule has 8 heteroatoms. The van der Waals surface area contributed by atoms with Crippen molar-refractivity contribution in [3.63, 3.8) is 0 Å². The van der Waals surface area contributed by atoms with E-state index in [1.54, 1.807) is 18.2 Å². The van der Waals surface area contributed by atoms with Crippen LogP contribution in [0.1, 0.15) is 30.0 Å². The van der Waals surface area contributed by atoms with Crippen LogP contribution in [-0.2, 0) is 6.54 Å². The van der Waals surface area contributed by atoms with Crippen molar-refractivity contribution in [2.75, 3.05) is 13.1 Å². The predicted molar refractivity (Wildman–Crippen MR) is 119 cm³/mol. The Morgan fingerprint density at radius 1 is 1.19 bits per heavy atom. The molecule has 5 nitrogen and oxygen atoms in total. The van der Waals surface area contributed by atoms with E-state index in [0.717, 1.165) is 11.4 Å². The summed E-state index contributed by atoms with van der Waals surface area (Å²) in [5.74, 6) is 0.609. The minimum Gasteiger partial charge on any atom is -0.387 e. The third kappa shape index (κ3) is 7.65. The van der Waals surface area contributed by atoms with E-state index in [1.807, 2.05) is 32.0 Å². The van der Waals surface area contributed by atoms with Crippen molar-refractivity contribution in [2.24, 2.45) is 4.99 Å². The van der Waals surface area contributed by atoms with Gasteiger partial charge in [0.2, 0.25) is 0 Å². The lowest BCUT2D eigenvalue weighted by Gasteiger charge is -2.16. The summed E-state index contributed by atoms with van der Waals surface area (Å²) in [6.07, 6.45) is -0.753. The zero-order valence-corrected chi connectivity index (χ0v) is 18.5. The standard InChI is InChI=1S/C18H22Cl2N4O.HI/c1-3-21-18(22-10-16-6-4-5-12(2)24-16)23-11-17(25)13-7-14(19)9-15(20)8-13;/h4-9,17,25H,3,10-11H2,1-2H3,(H2,21,22,23);1H. The highest BCUT2D eigenvalue weighted by Gasteiger charge is 2.10. The Bertz CT molecular complexity index is 723. The molecule has 1 aromatic heterocycles. The molecule has 0 aliphatic rings. The molecule has 1 unspecified atom stereocenters. The van der Waals surface area contributed by atoms with Gasteiger partial charge in [0, 0.05) is 28.8 Å². The van der Waals surface area contributed by atoms with Crippen LogP contribution >= 0.6 is 47.2 Å². The van der Waals surface area contributed by atoms with E-state index < -0.39 is 6.10 Å². The maximum absolute atomic E-state index is 10.3. The Balaban J connectivity index is 0.00000338. The molecule has 26 heavy (non-hydrogen) atoms. The molecule has 2 rings (SSSR count). The number of rotatable bonds is 6. The SMILES string of the molecule is CCNC(=NCc1cccc(C)n1)NCC(O)c1cc(Cl)cc(Cl)c1.I. The van der Waals surface area contributed by atoms with Gasteiger partial charge >= 0.3 is 0 Å². The molecule has 0 aliphatic heterocycles. The van der Waals surface area contributed by atoms with Crippen LogP contribution in [0.2, 0.25) is 10.0 Å². The Hall–Kier alpha value is -1.09. The fourth-order valence-electron chi connectivity index (χ4n) is 2.27. The zero-order chi connectivity index (χ0) is 18.2. The third-order valence-electron chi connectivity index (χ3n) is 3.42. The van der Waals surface area contributed by atoms with Crippen molar-refractivity contribution in [3.05, 3.63) is 63.4 Å². The highest BCUT2D eigenvalue weighted by molar-refractivity contribution is 14.0. The monoisotopic (exact) mass is 508 g/mol. The van der Waals surface area contributed by atoms with E-state index in [9.17, 15) is 5.11 Å². The van der Waals surface area contributed by atoms with Crippen molar-refractivity contribution >= 4 is 53.1 Å². The number of aliphatic imine (C=N–C) groups is 1. The van der Waals surface area contributed by atoms with Gasteiger partial charge in [-0.05, 0) is 49.7 Å². The summed E-state index contributed by atoms with van der Waals surface area (Å²) in [7, 11) is 0. The summed E-state index contributed by atoms with van der Waals surface area (Å²) in [6, 6.07) is 10.9. The average Bonchev–Trinajstić information content (AvgIpc) is 2.56. The molecule has 1 heterocycles. The van der Waals surface area contributed by atoms with Crippen molar-refractivity contribution in [1.82, 2.24) is 15.6 Å². The highest BCUT2D eigenvalue weighted by atomic mass is 127. The Labute approximate surface area is 181 Å². The molecule has 0 saturated carbocycles. The van der Waals surface area contributed by atoms with Crippen LogP contribution in [0.25, 0.3) is 0 Å². The van der Waals surface area contributed by atoms with Crippen LogP contribution in [0.4, 0.5) is 0 Å². The van der Waals surface area contributed by atoms with Crippen molar-refractivity contribution < 1.29 is 5.11 Å². The number of nitrogens with zero attached hydrogens (tertiary/aromatic N) is 2. The first-order valence-corrected chi connectivity index (χ1v) is 8.82. The molecule has 0 aliphatic carbocycles. The fraction of sp³-hybridized carbons (Fsp3) is 0.333. The number of benzene rings is 1. The Morgan fingerprint density at radius 3 is 2.50 bits per heavy atom. The van der Waals surface area contributed by atoms with Gasteiger partial charge in [0.25, 0.3) is 0 Å². The van der Waals surface area contributed by atoms with E-state index in [1.165, 1.54) is 0 Å². The van der Waals surface area contributed by atoms with Crippen LogP contribution in [0.5, 0.6) is 0 Å². The number of hydrogen-bond acceptors (Lipinski definition) is 3. The van der Waals surface area contributed by atoms with E-state index in [-0.39, 0.29) is 30.5 Å². The molecule has 0 fully saturated rings. The summed E-state index contributed by atoms with van der Waals surface area (Å²) in [5, 5.41) is 17.6.